The summed E-state index contributed by atoms with van der Waals surface area (Å²) in [5.41, 5.74) is 0.627. The Labute approximate surface area is 115 Å². The number of halogens is 2. The molecule has 0 radical (unpaired) electrons. The Morgan fingerprint density at radius 2 is 1.72 bits per heavy atom. The van der Waals surface area contributed by atoms with Crippen LogP contribution in [0.4, 0.5) is 0 Å². The largest absolute Gasteiger partial charge is 0.468 e. The van der Waals surface area contributed by atoms with Gasteiger partial charge in [0.25, 0.3) is 0 Å². The van der Waals surface area contributed by atoms with E-state index in [9.17, 15) is 9.59 Å². The number of benzene rings is 1. The summed E-state index contributed by atoms with van der Waals surface area (Å²) in [4.78, 5) is 23.0. The van der Waals surface area contributed by atoms with Gasteiger partial charge in [-0.25, -0.2) is 0 Å². The highest BCUT2D eigenvalue weighted by Crippen LogP contribution is 2.24. The first-order valence-electron chi connectivity index (χ1n) is 5.09. The van der Waals surface area contributed by atoms with Crippen molar-refractivity contribution in [2.75, 3.05) is 14.2 Å². The van der Waals surface area contributed by atoms with Gasteiger partial charge in [-0.2, -0.15) is 0 Å². The molecule has 0 unspecified atom stereocenters. The van der Waals surface area contributed by atoms with Gasteiger partial charge in [-0.1, -0.05) is 29.3 Å². The SMILES string of the molecule is COC(=O)C(Cc1ccc(Cl)cc1Cl)C(=O)OC. The lowest BCUT2D eigenvalue weighted by atomic mass is 9.99. The van der Waals surface area contributed by atoms with Crippen LogP contribution in [0.3, 0.4) is 0 Å². The van der Waals surface area contributed by atoms with Gasteiger partial charge >= 0.3 is 11.9 Å². The molecule has 0 saturated carbocycles. The molecule has 0 N–H and O–H groups in total. The lowest BCUT2D eigenvalue weighted by Gasteiger charge is -2.13. The van der Waals surface area contributed by atoms with Crippen molar-refractivity contribution in [2.45, 2.75) is 6.42 Å². The molecule has 0 aliphatic carbocycles. The molecule has 0 heterocycles. The van der Waals surface area contributed by atoms with Crippen molar-refractivity contribution in [1.82, 2.24) is 0 Å². The maximum absolute atomic E-state index is 11.5. The molecule has 1 aromatic rings. The summed E-state index contributed by atoms with van der Waals surface area (Å²) >= 11 is 11.7. The Kier molecular flexibility index (Phi) is 5.44. The molecule has 0 saturated heterocycles. The minimum atomic E-state index is -1.03. The van der Waals surface area contributed by atoms with Crippen molar-refractivity contribution in [3.63, 3.8) is 0 Å². The fourth-order valence-electron chi connectivity index (χ4n) is 1.45. The molecule has 0 aliphatic heterocycles. The van der Waals surface area contributed by atoms with Crippen LogP contribution in [0.25, 0.3) is 0 Å². The van der Waals surface area contributed by atoms with Crippen LogP contribution in [-0.2, 0) is 25.5 Å². The first kappa shape index (κ1) is 14.8. The molecule has 0 aromatic heterocycles. The minimum absolute atomic E-state index is 0.106. The van der Waals surface area contributed by atoms with Crippen molar-refractivity contribution in [1.29, 1.82) is 0 Å². The second kappa shape index (κ2) is 6.61. The summed E-state index contributed by atoms with van der Waals surface area (Å²) in [5, 5.41) is 0.872. The van der Waals surface area contributed by atoms with E-state index in [0.717, 1.165) is 0 Å². The van der Waals surface area contributed by atoms with Crippen LogP contribution >= 0.6 is 23.2 Å². The van der Waals surface area contributed by atoms with Gasteiger partial charge in [0.15, 0.2) is 5.92 Å². The highest BCUT2D eigenvalue weighted by molar-refractivity contribution is 6.35. The number of hydrogen-bond donors (Lipinski definition) is 0. The van der Waals surface area contributed by atoms with E-state index in [4.69, 9.17) is 23.2 Å². The molecule has 0 bridgehead atoms. The zero-order valence-corrected chi connectivity index (χ0v) is 11.4. The van der Waals surface area contributed by atoms with Gasteiger partial charge in [-0.05, 0) is 24.1 Å². The van der Waals surface area contributed by atoms with E-state index in [2.05, 4.69) is 9.47 Å². The summed E-state index contributed by atoms with van der Waals surface area (Å²) < 4.78 is 9.12. The Morgan fingerprint density at radius 1 is 1.17 bits per heavy atom. The molecule has 4 nitrogen and oxygen atoms in total. The van der Waals surface area contributed by atoms with E-state index in [-0.39, 0.29) is 6.42 Å². The summed E-state index contributed by atoms with van der Waals surface area (Å²) in [5.74, 6) is -2.35. The molecule has 0 fully saturated rings. The molecule has 0 amide bonds. The third kappa shape index (κ3) is 3.62. The van der Waals surface area contributed by atoms with Gasteiger partial charge in [0.2, 0.25) is 0 Å². The first-order chi connectivity index (χ1) is 8.49. The number of methoxy groups -OCH3 is 2. The van der Waals surface area contributed by atoms with E-state index in [1.807, 2.05) is 0 Å². The summed E-state index contributed by atoms with van der Waals surface area (Å²) in [6, 6.07) is 4.84. The molecule has 0 aliphatic rings. The van der Waals surface area contributed by atoms with Gasteiger partial charge in [-0.3, -0.25) is 9.59 Å². The molecule has 1 aromatic carbocycles. The molecule has 0 atom stereocenters. The smallest absolute Gasteiger partial charge is 0.320 e. The fourth-order valence-corrected chi connectivity index (χ4v) is 1.94. The van der Waals surface area contributed by atoms with Crippen molar-refractivity contribution >= 4 is 35.1 Å². The number of hydrogen-bond acceptors (Lipinski definition) is 4. The standard InChI is InChI=1S/C12H12Cl2O4/c1-17-11(15)9(12(16)18-2)5-7-3-4-8(13)6-10(7)14/h3-4,6,9H,5H2,1-2H3. The van der Waals surface area contributed by atoms with Crippen molar-refractivity contribution in [3.8, 4) is 0 Å². The number of esters is 2. The van der Waals surface area contributed by atoms with E-state index in [1.54, 1.807) is 18.2 Å². The van der Waals surface area contributed by atoms with Crippen molar-refractivity contribution in [3.05, 3.63) is 33.8 Å². The Bertz CT molecular complexity index is 443. The highest BCUT2D eigenvalue weighted by Gasteiger charge is 2.29. The van der Waals surface area contributed by atoms with E-state index >= 15 is 0 Å². The topological polar surface area (TPSA) is 52.6 Å². The predicted molar refractivity (Wildman–Crippen MR) is 67.7 cm³/mol. The maximum Gasteiger partial charge on any atom is 0.320 e. The highest BCUT2D eigenvalue weighted by atomic mass is 35.5. The zero-order chi connectivity index (χ0) is 13.7. The monoisotopic (exact) mass is 290 g/mol. The molecule has 0 spiro atoms. The second-order valence-corrected chi connectivity index (χ2v) is 4.38. The van der Waals surface area contributed by atoms with Crippen molar-refractivity contribution < 1.29 is 19.1 Å². The van der Waals surface area contributed by atoms with Gasteiger partial charge in [0.1, 0.15) is 0 Å². The van der Waals surface area contributed by atoms with Gasteiger partial charge < -0.3 is 9.47 Å². The van der Waals surface area contributed by atoms with Gasteiger partial charge in [0.05, 0.1) is 14.2 Å². The van der Waals surface area contributed by atoms with E-state index in [0.29, 0.717) is 15.6 Å². The van der Waals surface area contributed by atoms with Crippen molar-refractivity contribution in [2.24, 2.45) is 5.92 Å². The van der Waals surface area contributed by atoms with Crippen LogP contribution in [0.15, 0.2) is 18.2 Å². The second-order valence-electron chi connectivity index (χ2n) is 3.54. The number of rotatable bonds is 4. The minimum Gasteiger partial charge on any atom is -0.468 e. The Hall–Kier alpha value is -1.26. The summed E-state index contributed by atoms with van der Waals surface area (Å²) in [7, 11) is 2.42. The van der Waals surface area contributed by atoms with Gasteiger partial charge in [-0.15, -0.1) is 0 Å². The molecule has 98 valence electrons. The Balaban J connectivity index is 2.96. The summed E-state index contributed by atoms with van der Waals surface area (Å²) in [6.07, 6.45) is 0.106. The van der Waals surface area contributed by atoms with Crippen LogP contribution in [-0.4, -0.2) is 26.2 Å². The third-order valence-electron chi connectivity index (χ3n) is 2.41. The maximum atomic E-state index is 11.5. The Morgan fingerprint density at radius 3 is 2.17 bits per heavy atom. The normalized spacial score (nSPS) is 10.3. The predicted octanol–water partition coefficient (Wildman–Crippen LogP) is 2.50. The molecular formula is C12H12Cl2O4. The molecular weight excluding hydrogens is 279 g/mol. The van der Waals surface area contributed by atoms with Gasteiger partial charge in [0, 0.05) is 10.0 Å². The average molecular weight is 291 g/mol. The van der Waals surface area contributed by atoms with Crippen LogP contribution in [0.5, 0.6) is 0 Å². The molecule has 1 rings (SSSR count). The average Bonchev–Trinajstić information content (AvgIpc) is 2.36. The number of ether oxygens (including phenoxy) is 2. The zero-order valence-electron chi connectivity index (χ0n) is 9.91. The third-order valence-corrected chi connectivity index (χ3v) is 3.00. The van der Waals surface area contributed by atoms with Crippen LogP contribution in [0.2, 0.25) is 10.0 Å². The lowest BCUT2D eigenvalue weighted by molar-refractivity contribution is -0.158. The molecule has 6 heteroatoms. The number of carbonyl (C=O) groups is 2. The van der Waals surface area contributed by atoms with E-state index in [1.165, 1.54) is 14.2 Å². The van der Waals surface area contributed by atoms with Crippen LogP contribution < -0.4 is 0 Å². The van der Waals surface area contributed by atoms with E-state index < -0.39 is 17.9 Å². The van der Waals surface area contributed by atoms with Crippen LogP contribution in [0.1, 0.15) is 5.56 Å². The first-order valence-corrected chi connectivity index (χ1v) is 5.84. The summed E-state index contributed by atoms with van der Waals surface area (Å²) in [6.45, 7) is 0. The fraction of sp³-hybridized carbons (Fsp3) is 0.333. The van der Waals surface area contributed by atoms with Crippen LogP contribution in [0, 0.1) is 5.92 Å². The number of carbonyl (C=O) groups excluding carboxylic acids is 2. The quantitative estimate of drug-likeness (QED) is 0.632. The molecule has 18 heavy (non-hydrogen) atoms. The lowest BCUT2D eigenvalue weighted by Crippen LogP contribution is -2.28.